The van der Waals surface area contributed by atoms with Crippen LogP contribution < -0.4 is 16.4 Å². The van der Waals surface area contributed by atoms with Gasteiger partial charge in [-0.05, 0) is 12.5 Å². The molecule has 1 aliphatic rings. The summed E-state index contributed by atoms with van der Waals surface area (Å²) in [6, 6.07) is 7.77. The molecular weight excluding hydrogens is 402 g/mol. The van der Waals surface area contributed by atoms with E-state index in [1.165, 1.54) is 83.5 Å². The fourth-order valence-corrected chi connectivity index (χ4v) is 5.49. The molecule has 1 heterocycles. The van der Waals surface area contributed by atoms with Crippen LogP contribution >= 0.6 is 11.8 Å². The van der Waals surface area contributed by atoms with E-state index in [9.17, 15) is 4.79 Å². The first-order chi connectivity index (χ1) is 15.2. The number of amides is 1. The molecule has 0 radical (unpaired) electrons. The normalized spacial score (nSPS) is 18.4. The van der Waals surface area contributed by atoms with Crippen molar-refractivity contribution in [3.8, 4) is 0 Å². The van der Waals surface area contributed by atoms with Crippen molar-refractivity contribution in [3.05, 3.63) is 29.8 Å². The Morgan fingerprint density at radius 3 is 2.06 bits per heavy atom. The summed E-state index contributed by atoms with van der Waals surface area (Å²) in [5.74, 6) is 0.919. The summed E-state index contributed by atoms with van der Waals surface area (Å²) in [5, 5.41) is 6.64. The summed E-state index contributed by atoms with van der Waals surface area (Å²) in [6.45, 7) is 3.07. The van der Waals surface area contributed by atoms with E-state index in [2.05, 4.69) is 17.6 Å². The first kappa shape index (κ1) is 26.1. The van der Waals surface area contributed by atoms with Crippen LogP contribution in [-0.4, -0.2) is 24.2 Å². The summed E-state index contributed by atoms with van der Waals surface area (Å²) in [5.41, 5.74) is 7.93. The smallest absolute Gasteiger partial charge is 0.238 e. The third kappa shape index (κ3) is 10.8. The van der Waals surface area contributed by atoms with Gasteiger partial charge in [0.05, 0.1) is 11.4 Å². The quantitative estimate of drug-likeness (QED) is 0.187. The molecule has 1 amide bonds. The zero-order valence-electron chi connectivity index (χ0n) is 19.7. The monoisotopic (exact) mass is 447 g/mol. The van der Waals surface area contributed by atoms with Gasteiger partial charge in [0.25, 0.3) is 0 Å². The molecule has 1 saturated heterocycles. The lowest BCUT2D eigenvalue weighted by atomic mass is 10.0. The van der Waals surface area contributed by atoms with Gasteiger partial charge in [0.2, 0.25) is 5.91 Å². The number of rotatable bonds is 17. The zero-order chi connectivity index (χ0) is 22.2. The lowest BCUT2D eigenvalue weighted by molar-refractivity contribution is -0.122. The Kier molecular flexibility index (Phi) is 13.8. The molecule has 5 heteroatoms. The summed E-state index contributed by atoms with van der Waals surface area (Å²) in [4.78, 5) is 12.4. The molecule has 1 fully saturated rings. The first-order valence-electron chi connectivity index (χ1n) is 12.7. The SMILES string of the molecule is CCCCCCCCCCCCCCCCNC(=O)[C@@H]1CSC(c2ccccc2N)N1. The Morgan fingerprint density at radius 2 is 1.48 bits per heavy atom. The zero-order valence-corrected chi connectivity index (χ0v) is 20.5. The van der Waals surface area contributed by atoms with E-state index in [0.717, 1.165) is 30.0 Å². The molecular formula is C26H45N3OS. The number of hydrogen-bond acceptors (Lipinski definition) is 4. The molecule has 31 heavy (non-hydrogen) atoms. The molecule has 1 aliphatic heterocycles. The minimum absolute atomic E-state index is 0.109. The van der Waals surface area contributed by atoms with Crippen LogP contribution in [0.4, 0.5) is 5.69 Å². The number of benzene rings is 1. The van der Waals surface area contributed by atoms with Crippen LogP contribution in [-0.2, 0) is 4.79 Å². The van der Waals surface area contributed by atoms with Gasteiger partial charge in [-0.25, -0.2) is 0 Å². The summed E-state index contributed by atoms with van der Waals surface area (Å²) >= 11 is 1.76. The Hall–Kier alpha value is -1.20. The molecule has 0 spiro atoms. The predicted octanol–water partition coefficient (Wildman–Crippen LogP) is 6.57. The van der Waals surface area contributed by atoms with E-state index in [4.69, 9.17) is 5.73 Å². The highest BCUT2D eigenvalue weighted by molar-refractivity contribution is 7.99. The maximum atomic E-state index is 12.4. The standard InChI is InChI=1S/C26H45N3OS/c1-2-3-4-5-6-7-8-9-10-11-12-13-14-17-20-28-25(30)24-21-31-26(29-24)22-18-15-16-19-23(22)27/h15-16,18-19,24,26,29H,2-14,17,20-21,27H2,1H3,(H,28,30)/t24-,26?/m0/s1. The van der Waals surface area contributed by atoms with Gasteiger partial charge >= 0.3 is 0 Å². The molecule has 0 saturated carbocycles. The van der Waals surface area contributed by atoms with Crippen molar-refractivity contribution in [2.75, 3.05) is 18.0 Å². The molecule has 1 aromatic rings. The van der Waals surface area contributed by atoms with E-state index < -0.39 is 0 Å². The molecule has 176 valence electrons. The van der Waals surface area contributed by atoms with Gasteiger partial charge in [0.15, 0.2) is 0 Å². The highest BCUT2D eigenvalue weighted by Crippen LogP contribution is 2.35. The van der Waals surface area contributed by atoms with Crippen molar-refractivity contribution in [3.63, 3.8) is 0 Å². The Bertz CT molecular complexity index is 610. The summed E-state index contributed by atoms with van der Waals surface area (Å²) in [6.07, 6.45) is 19.0. The topological polar surface area (TPSA) is 67.2 Å². The third-order valence-corrected chi connectivity index (χ3v) is 7.46. The average molecular weight is 448 g/mol. The van der Waals surface area contributed by atoms with Crippen molar-refractivity contribution < 1.29 is 4.79 Å². The van der Waals surface area contributed by atoms with Gasteiger partial charge in [-0.2, -0.15) is 0 Å². The molecule has 0 bridgehead atoms. The van der Waals surface area contributed by atoms with Crippen LogP contribution in [0.2, 0.25) is 0 Å². The number of nitrogen functional groups attached to an aromatic ring is 1. The molecule has 2 rings (SSSR count). The number of thioether (sulfide) groups is 1. The van der Waals surface area contributed by atoms with Crippen LogP contribution in [0.15, 0.2) is 24.3 Å². The highest BCUT2D eigenvalue weighted by atomic mass is 32.2. The summed E-state index contributed by atoms with van der Waals surface area (Å²) < 4.78 is 0. The van der Waals surface area contributed by atoms with Crippen LogP contribution in [0.5, 0.6) is 0 Å². The largest absolute Gasteiger partial charge is 0.398 e. The number of hydrogen-bond donors (Lipinski definition) is 3. The lowest BCUT2D eigenvalue weighted by Crippen LogP contribution is -2.42. The fourth-order valence-electron chi connectivity index (χ4n) is 4.21. The highest BCUT2D eigenvalue weighted by Gasteiger charge is 2.31. The lowest BCUT2D eigenvalue weighted by Gasteiger charge is -2.15. The van der Waals surface area contributed by atoms with E-state index >= 15 is 0 Å². The Balaban J connectivity index is 1.39. The van der Waals surface area contributed by atoms with Gasteiger partial charge in [-0.1, -0.05) is 109 Å². The number of carbonyl (C=O) groups is 1. The van der Waals surface area contributed by atoms with Crippen molar-refractivity contribution in [1.29, 1.82) is 0 Å². The number of carbonyl (C=O) groups excluding carboxylic acids is 1. The van der Waals surface area contributed by atoms with E-state index in [-0.39, 0.29) is 17.3 Å². The first-order valence-corrected chi connectivity index (χ1v) is 13.8. The molecule has 4 nitrogen and oxygen atoms in total. The number of anilines is 1. The number of nitrogens with two attached hydrogens (primary N) is 1. The minimum Gasteiger partial charge on any atom is -0.398 e. The fraction of sp³-hybridized carbons (Fsp3) is 0.731. The van der Waals surface area contributed by atoms with E-state index in [1.807, 2.05) is 24.3 Å². The molecule has 4 N–H and O–H groups in total. The van der Waals surface area contributed by atoms with Crippen LogP contribution in [0.3, 0.4) is 0 Å². The van der Waals surface area contributed by atoms with Crippen LogP contribution in [0.1, 0.15) is 108 Å². The molecule has 1 unspecified atom stereocenters. The van der Waals surface area contributed by atoms with Crippen LogP contribution in [0.25, 0.3) is 0 Å². The van der Waals surface area contributed by atoms with Crippen molar-refractivity contribution >= 4 is 23.4 Å². The maximum Gasteiger partial charge on any atom is 0.238 e. The third-order valence-electron chi connectivity index (χ3n) is 6.21. The minimum atomic E-state index is -0.124. The number of para-hydroxylation sites is 1. The molecule has 0 aliphatic carbocycles. The van der Waals surface area contributed by atoms with Crippen molar-refractivity contribution in [2.24, 2.45) is 0 Å². The van der Waals surface area contributed by atoms with Gasteiger partial charge in [-0.15, -0.1) is 11.8 Å². The second-order valence-corrected chi connectivity index (χ2v) is 10.1. The van der Waals surface area contributed by atoms with Gasteiger partial charge in [0.1, 0.15) is 0 Å². The molecule has 1 aromatic carbocycles. The maximum absolute atomic E-state index is 12.4. The van der Waals surface area contributed by atoms with Crippen molar-refractivity contribution in [1.82, 2.24) is 10.6 Å². The predicted molar refractivity (Wildman–Crippen MR) is 136 cm³/mol. The summed E-state index contributed by atoms with van der Waals surface area (Å²) in [7, 11) is 0. The van der Waals surface area contributed by atoms with Crippen molar-refractivity contribution in [2.45, 2.75) is 108 Å². The Morgan fingerprint density at radius 1 is 0.935 bits per heavy atom. The average Bonchev–Trinajstić information content (AvgIpc) is 3.27. The second kappa shape index (κ2) is 16.4. The molecule has 2 atom stereocenters. The van der Waals surface area contributed by atoms with E-state index in [0.29, 0.717) is 0 Å². The van der Waals surface area contributed by atoms with Gasteiger partial charge in [0, 0.05) is 23.5 Å². The van der Waals surface area contributed by atoms with Gasteiger partial charge in [-0.3, -0.25) is 10.1 Å². The Labute approximate surface area is 194 Å². The molecule has 0 aromatic heterocycles. The van der Waals surface area contributed by atoms with Gasteiger partial charge < -0.3 is 11.1 Å². The number of nitrogens with one attached hydrogen (secondary N) is 2. The second-order valence-electron chi connectivity index (χ2n) is 8.95. The number of unbranched alkanes of at least 4 members (excludes halogenated alkanes) is 13. The van der Waals surface area contributed by atoms with Crippen LogP contribution in [0, 0.1) is 0 Å². The van der Waals surface area contributed by atoms with E-state index in [1.54, 1.807) is 11.8 Å².